The first-order chi connectivity index (χ1) is 10.7. The molecule has 0 amide bonds. The van der Waals surface area contributed by atoms with E-state index in [-0.39, 0.29) is 17.9 Å². The van der Waals surface area contributed by atoms with Crippen molar-refractivity contribution >= 4 is 23.1 Å². The van der Waals surface area contributed by atoms with Crippen LogP contribution in [0.1, 0.15) is 19.4 Å². The van der Waals surface area contributed by atoms with Crippen LogP contribution < -0.4 is 9.64 Å². The third-order valence-corrected chi connectivity index (χ3v) is 3.24. The van der Waals surface area contributed by atoms with Crippen LogP contribution in [0.25, 0.3) is 0 Å². The van der Waals surface area contributed by atoms with Crippen molar-refractivity contribution in [1.29, 1.82) is 0 Å². The molecule has 2 aromatic rings. The molecule has 0 spiro atoms. The van der Waals surface area contributed by atoms with Gasteiger partial charge in [-0.2, -0.15) is 18.2 Å². The number of hydrogen-bond acceptors (Lipinski definition) is 4. The van der Waals surface area contributed by atoms with Crippen molar-refractivity contribution in [2.45, 2.75) is 26.1 Å². The van der Waals surface area contributed by atoms with Crippen LogP contribution in [0, 0.1) is 0 Å². The van der Waals surface area contributed by atoms with E-state index in [4.69, 9.17) is 16.3 Å². The first-order valence-electron chi connectivity index (χ1n) is 6.79. The Balaban J connectivity index is 2.55. The largest absolute Gasteiger partial charge is 0.461 e. The summed E-state index contributed by atoms with van der Waals surface area (Å²) in [4.78, 5) is 8.81. The van der Waals surface area contributed by atoms with Gasteiger partial charge in [0.05, 0.1) is 16.8 Å². The first-order valence-corrected chi connectivity index (χ1v) is 7.17. The number of halogens is 4. The van der Waals surface area contributed by atoms with Gasteiger partial charge in [-0.05, 0) is 26.0 Å². The van der Waals surface area contributed by atoms with Gasteiger partial charge in [0, 0.05) is 13.2 Å². The number of rotatable bonds is 4. The lowest BCUT2D eigenvalue weighted by atomic mass is 10.2. The summed E-state index contributed by atoms with van der Waals surface area (Å²) < 4.78 is 45.0. The number of nitrogens with zero attached hydrogens (tertiary/aromatic N) is 3. The summed E-state index contributed by atoms with van der Waals surface area (Å²) in [6, 6.07) is 6.44. The first kappa shape index (κ1) is 17.3. The lowest BCUT2D eigenvalue weighted by Gasteiger charge is -2.23. The maximum Gasteiger partial charge on any atom is 0.421 e. The van der Waals surface area contributed by atoms with Crippen molar-refractivity contribution in [3.05, 3.63) is 41.0 Å². The Morgan fingerprint density at radius 3 is 2.43 bits per heavy atom. The highest BCUT2D eigenvalue weighted by Gasteiger charge is 2.37. The lowest BCUT2D eigenvalue weighted by molar-refractivity contribution is -0.137. The summed E-state index contributed by atoms with van der Waals surface area (Å²) >= 11 is 6.06. The minimum atomic E-state index is -4.60. The van der Waals surface area contributed by atoms with Crippen LogP contribution in [0.4, 0.5) is 24.7 Å². The number of ether oxygens (including phenoxy) is 1. The van der Waals surface area contributed by atoms with Gasteiger partial charge in [-0.25, -0.2) is 4.98 Å². The minimum absolute atomic E-state index is 0.123. The SMILES string of the molecule is CC(C)Oc1ncc(C(F)(F)F)c(N(C)c2ccccc2Cl)n1. The molecule has 124 valence electrons. The van der Waals surface area contributed by atoms with Crippen molar-refractivity contribution in [2.24, 2.45) is 0 Å². The molecule has 0 saturated heterocycles. The van der Waals surface area contributed by atoms with Crippen LogP contribution in [-0.2, 0) is 6.18 Å². The topological polar surface area (TPSA) is 38.2 Å². The molecule has 8 heteroatoms. The van der Waals surface area contributed by atoms with E-state index in [1.807, 2.05) is 0 Å². The van der Waals surface area contributed by atoms with Gasteiger partial charge in [-0.15, -0.1) is 0 Å². The standard InChI is InChI=1S/C15H15ClF3N3O/c1-9(2)23-14-20-8-10(15(17,18)19)13(21-14)22(3)12-7-5-4-6-11(12)16/h4-9H,1-3H3. The highest BCUT2D eigenvalue weighted by molar-refractivity contribution is 6.33. The van der Waals surface area contributed by atoms with Gasteiger partial charge in [0.25, 0.3) is 0 Å². The number of alkyl halides is 3. The molecule has 4 nitrogen and oxygen atoms in total. The molecule has 0 fully saturated rings. The predicted octanol–water partition coefficient (Wildman–Crippen LogP) is 4.70. The highest BCUT2D eigenvalue weighted by atomic mass is 35.5. The number of aromatic nitrogens is 2. The van der Waals surface area contributed by atoms with E-state index in [9.17, 15) is 13.2 Å². The van der Waals surface area contributed by atoms with E-state index in [2.05, 4.69) is 9.97 Å². The zero-order chi connectivity index (χ0) is 17.2. The summed E-state index contributed by atoms with van der Waals surface area (Å²) in [7, 11) is 1.46. The van der Waals surface area contributed by atoms with Gasteiger partial charge in [-0.3, -0.25) is 0 Å². The molecule has 0 aliphatic rings. The highest BCUT2D eigenvalue weighted by Crippen LogP contribution is 2.39. The average molecular weight is 346 g/mol. The molecule has 0 aliphatic heterocycles. The molecular weight excluding hydrogens is 331 g/mol. The van der Waals surface area contributed by atoms with Crippen molar-refractivity contribution in [3.63, 3.8) is 0 Å². The van der Waals surface area contributed by atoms with E-state index < -0.39 is 11.7 Å². The molecule has 1 heterocycles. The van der Waals surface area contributed by atoms with Crippen molar-refractivity contribution in [2.75, 3.05) is 11.9 Å². The zero-order valence-electron chi connectivity index (χ0n) is 12.7. The van der Waals surface area contributed by atoms with Gasteiger partial charge in [-0.1, -0.05) is 23.7 Å². The van der Waals surface area contributed by atoms with E-state index >= 15 is 0 Å². The number of hydrogen-bond donors (Lipinski definition) is 0. The lowest BCUT2D eigenvalue weighted by Crippen LogP contribution is -2.20. The second-order valence-electron chi connectivity index (χ2n) is 5.06. The van der Waals surface area contributed by atoms with Gasteiger partial charge in [0.2, 0.25) is 0 Å². The smallest absolute Gasteiger partial charge is 0.421 e. The van der Waals surface area contributed by atoms with Crippen LogP contribution in [0.3, 0.4) is 0 Å². The second kappa shape index (κ2) is 6.62. The zero-order valence-corrected chi connectivity index (χ0v) is 13.5. The van der Waals surface area contributed by atoms with Crippen LogP contribution in [0.5, 0.6) is 6.01 Å². The Bertz CT molecular complexity index is 692. The van der Waals surface area contributed by atoms with Gasteiger partial charge in [0.15, 0.2) is 5.82 Å². The van der Waals surface area contributed by atoms with Gasteiger partial charge >= 0.3 is 12.2 Å². The minimum Gasteiger partial charge on any atom is -0.461 e. The van der Waals surface area contributed by atoms with E-state index in [1.54, 1.807) is 38.1 Å². The molecule has 1 aromatic heterocycles. The number of benzene rings is 1. The van der Waals surface area contributed by atoms with Crippen molar-refractivity contribution in [1.82, 2.24) is 9.97 Å². The van der Waals surface area contributed by atoms with Crippen molar-refractivity contribution in [3.8, 4) is 6.01 Å². The fraction of sp³-hybridized carbons (Fsp3) is 0.333. The van der Waals surface area contributed by atoms with Crippen LogP contribution in [0.2, 0.25) is 5.02 Å². The molecule has 0 atom stereocenters. The van der Waals surface area contributed by atoms with Crippen LogP contribution in [-0.4, -0.2) is 23.1 Å². The molecule has 0 radical (unpaired) electrons. The number of anilines is 2. The third kappa shape index (κ3) is 4.04. The molecular formula is C15H15ClF3N3O. The normalized spacial score (nSPS) is 11.7. The molecule has 0 unspecified atom stereocenters. The number of para-hydroxylation sites is 1. The fourth-order valence-electron chi connectivity index (χ4n) is 1.92. The van der Waals surface area contributed by atoms with Crippen LogP contribution in [0.15, 0.2) is 30.5 Å². The van der Waals surface area contributed by atoms with E-state index in [0.29, 0.717) is 16.9 Å². The molecule has 0 aliphatic carbocycles. The maximum atomic E-state index is 13.2. The summed E-state index contributed by atoms with van der Waals surface area (Å²) in [5.74, 6) is -0.323. The summed E-state index contributed by atoms with van der Waals surface area (Å²) in [5, 5.41) is 0.313. The molecule has 23 heavy (non-hydrogen) atoms. The molecule has 0 saturated carbocycles. The van der Waals surface area contributed by atoms with Crippen LogP contribution >= 0.6 is 11.6 Å². The Labute approximate surface area is 136 Å². The maximum absolute atomic E-state index is 13.2. The Morgan fingerprint density at radius 1 is 1.22 bits per heavy atom. The quantitative estimate of drug-likeness (QED) is 0.804. The molecule has 0 N–H and O–H groups in total. The molecule has 2 rings (SSSR count). The summed E-state index contributed by atoms with van der Waals surface area (Å²) in [6.07, 6.45) is -4.14. The summed E-state index contributed by atoms with van der Waals surface area (Å²) in [6.45, 7) is 3.47. The van der Waals surface area contributed by atoms with Gasteiger partial charge in [0.1, 0.15) is 5.56 Å². The average Bonchev–Trinajstić information content (AvgIpc) is 2.45. The Morgan fingerprint density at radius 2 is 1.87 bits per heavy atom. The molecule has 1 aromatic carbocycles. The fourth-order valence-corrected chi connectivity index (χ4v) is 2.18. The van der Waals surface area contributed by atoms with Gasteiger partial charge < -0.3 is 9.64 Å². The van der Waals surface area contributed by atoms with E-state index in [0.717, 1.165) is 0 Å². The monoisotopic (exact) mass is 345 g/mol. The predicted molar refractivity (Wildman–Crippen MR) is 82.3 cm³/mol. The second-order valence-corrected chi connectivity index (χ2v) is 5.47. The summed E-state index contributed by atoms with van der Waals surface area (Å²) in [5.41, 5.74) is -0.565. The molecule has 0 bridgehead atoms. The Hall–Kier alpha value is -2.02. The third-order valence-electron chi connectivity index (χ3n) is 2.92. The van der Waals surface area contributed by atoms with E-state index in [1.165, 1.54) is 11.9 Å². The Kier molecular flexibility index (Phi) is 4.99. The van der Waals surface area contributed by atoms with Crippen molar-refractivity contribution < 1.29 is 17.9 Å².